The second-order valence-corrected chi connectivity index (χ2v) is 7.99. The Labute approximate surface area is 211 Å². The molecule has 37 heavy (non-hydrogen) atoms. The number of nitrogens with two attached hydrogens (primary N) is 1. The molecule has 5 N–H and O–H groups in total. The summed E-state index contributed by atoms with van der Waals surface area (Å²) in [6, 6.07) is 5.87. The summed E-state index contributed by atoms with van der Waals surface area (Å²) >= 11 is 0. The van der Waals surface area contributed by atoms with E-state index >= 15 is 0 Å². The molecule has 1 aromatic carbocycles. The molecule has 1 heterocycles. The van der Waals surface area contributed by atoms with Gasteiger partial charge in [0.1, 0.15) is 11.7 Å². The highest BCUT2D eigenvalue weighted by atomic mass is 19.4. The number of amides is 3. The zero-order valence-corrected chi connectivity index (χ0v) is 20.4. The summed E-state index contributed by atoms with van der Waals surface area (Å²) in [5.41, 5.74) is 4.26. The minimum absolute atomic E-state index is 0.0364. The van der Waals surface area contributed by atoms with Gasteiger partial charge in [0.2, 0.25) is 11.8 Å². The fourth-order valence-corrected chi connectivity index (χ4v) is 3.42. The van der Waals surface area contributed by atoms with Gasteiger partial charge in [-0.3, -0.25) is 14.4 Å². The number of halogens is 3. The van der Waals surface area contributed by atoms with Crippen LogP contribution in [0, 0.1) is 0 Å². The standard InChI is InChI=1S/C25H29F3N4O5/c1-3-18(23(35)30-15(9-13-21(29)33)10-14-22(34)37-4-2)32-24(36)20-12-11-19(31-20)16-7-5-6-8-17(16)25(26,27)28/h5-8,10-12,14-15,18,31H,3-4,9,13H2,1-2H3,(H2,29,33)(H,30,35)(H,32,36)/b14-10+. The Kier molecular flexibility index (Phi) is 10.5. The first-order valence-electron chi connectivity index (χ1n) is 11.6. The summed E-state index contributed by atoms with van der Waals surface area (Å²) in [6.45, 7) is 3.44. The van der Waals surface area contributed by atoms with Crippen molar-refractivity contribution in [3.05, 3.63) is 59.8 Å². The van der Waals surface area contributed by atoms with Crippen LogP contribution in [0.15, 0.2) is 48.6 Å². The van der Waals surface area contributed by atoms with E-state index in [0.29, 0.717) is 0 Å². The fraction of sp³-hybridized carbons (Fsp3) is 0.360. The highest BCUT2D eigenvalue weighted by Gasteiger charge is 2.33. The van der Waals surface area contributed by atoms with Crippen molar-refractivity contribution in [3.8, 4) is 11.3 Å². The van der Waals surface area contributed by atoms with Gasteiger partial charge in [-0.05, 0) is 38.0 Å². The van der Waals surface area contributed by atoms with Gasteiger partial charge in [-0.25, -0.2) is 4.79 Å². The van der Waals surface area contributed by atoms with Crippen LogP contribution in [0.5, 0.6) is 0 Å². The summed E-state index contributed by atoms with van der Waals surface area (Å²) in [5, 5.41) is 5.18. The highest BCUT2D eigenvalue weighted by Crippen LogP contribution is 2.36. The first kappa shape index (κ1) is 29.1. The number of ether oxygens (including phenoxy) is 1. The second-order valence-electron chi connectivity index (χ2n) is 7.99. The SMILES string of the molecule is CCOC(=O)/C=C/C(CCC(N)=O)NC(=O)C(CC)NC(=O)c1ccc(-c2ccccc2C(F)(F)F)[nH]1. The van der Waals surface area contributed by atoms with E-state index in [1.807, 2.05) is 0 Å². The minimum Gasteiger partial charge on any atom is -0.463 e. The molecule has 3 amide bonds. The molecule has 200 valence electrons. The Morgan fingerprint density at radius 2 is 1.78 bits per heavy atom. The minimum atomic E-state index is -4.58. The molecule has 9 nitrogen and oxygen atoms in total. The number of aromatic amines is 1. The molecule has 0 radical (unpaired) electrons. The first-order chi connectivity index (χ1) is 17.5. The average Bonchev–Trinajstić information content (AvgIpc) is 3.34. The van der Waals surface area contributed by atoms with Crippen LogP contribution in [0.4, 0.5) is 13.2 Å². The van der Waals surface area contributed by atoms with Crippen LogP contribution in [0.25, 0.3) is 11.3 Å². The molecule has 2 atom stereocenters. The summed E-state index contributed by atoms with van der Waals surface area (Å²) < 4.78 is 44.9. The Hall–Kier alpha value is -4.09. The van der Waals surface area contributed by atoms with E-state index in [-0.39, 0.29) is 42.8 Å². The molecule has 2 unspecified atom stereocenters. The maximum absolute atomic E-state index is 13.4. The molecule has 0 aliphatic heterocycles. The zero-order valence-electron chi connectivity index (χ0n) is 20.4. The van der Waals surface area contributed by atoms with Crippen LogP contribution in [0.1, 0.15) is 49.2 Å². The largest absolute Gasteiger partial charge is 0.463 e. The molecule has 0 spiro atoms. The number of carbonyl (C=O) groups excluding carboxylic acids is 4. The quantitative estimate of drug-likeness (QED) is 0.250. The predicted octanol–water partition coefficient (Wildman–Crippen LogP) is 3.08. The Morgan fingerprint density at radius 3 is 2.41 bits per heavy atom. The molecule has 2 rings (SSSR count). The third kappa shape index (κ3) is 8.81. The topological polar surface area (TPSA) is 143 Å². The van der Waals surface area contributed by atoms with Crippen molar-refractivity contribution in [2.24, 2.45) is 5.73 Å². The molecule has 1 aromatic heterocycles. The second kappa shape index (κ2) is 13.3. The number of hydrogen-bond donors (Lipinski definition) is 4. The number of carbonyl (C=O) groups is 4. The third-order valence-electron chi connectivity index (χ3n) is 5.26. The lowest BCUT2D eigenvalue weighted by molar-refractivity contribution is -0.138. The number of primary amides is 1. The van der Waals surface area contributed by atoms with Crippen molar-refractivity contribution in [2.45, 2.75) is 51.4 Å². The number of nitrogens with one attached hydrogen (secondary N) is 3. The van der Waals surface area contributed by atoms with Crippen LogP contribution in [0.3, 0.4) is 0 Å². The lowest BCUT2D eigenvalue weighted by atomic mass is 10.0. The normalized spacial score (nSPS) is 13.1. The van der Waals surface area contributed by atoms with E-state index in [1.54, 1.807) is 13.8 Å². The smallest absolute Gasteiger partial charge is 0.417 e. The van der Waals surface area contributed by atoms with Gasteiger partial charge in [0, 0.05) is 29.8 Å². The van der Waals surface area contributed by atoms with Crippen molar-refractivity contribution in [1.29, 1.82) is 0 Å². The summed E-state index contributed by atoms with van der Waals surface area (Å²) in [5.74, 6) is -2.52. The molecule has 0 saturated carbocycles. The maximum Gasteiger partial charge on any atom is 0.417 e. The van der Waals surface area contributed by atoms with E-state index in [9.17, 15) is 32.3 Å². The molecule has 0 fully saturated rings. The molecule has 0 aliphatic rings. The predicted molar refractivity (Wildman–Crippen MR) is 129 cm³/mol. The fourth-order valence-electron chi connectivity index (χ4n) is 3.42. The van der Waals surface area contributed by atoms with Gasteiger partial charge in [0.05, 0.1) is 12.2 Å². The number of rotatable bonds is 12. The molecular formula is C25H29F3N4O5. The number of benzene rings is 1. The zero-order chi connectivity index (χ0) is 27.6. The van der Waals surface area contributed by atoms with Crippen LogP contribution in [-0.4, -0.2) is 47.4 Å². The van der Waals surface area contributed by atoms with E-state index in [4.69, 9.17) is 10.5 Å². The van der Waals surface area contributed by atoms with Crippen molar-refractivity contribution in [3.63, 3.8) is 0 Å². The van der Waals surface area contributed by atoms with Crippen LogP contribution in [-0.2, 0) is 25.3 Å². The Balaban J connectivity index is 2.13. The van der Waals surface area contributed by atoms with Crippen LogP contribution in [0.2, 0.25) is 0 Å². The third-order valence-corrected chi connectivity index (χ3v) is 5.26. The maximum atomic E-state index is 13.4. The highest BCUT2D eigenvalue weighted by molar-refractivity contribution is 5.97. The summed E-state index contributed by atoms with van der Waals surface area (Å²) in [6.07, 6.45) is -1.86. The number of aromatic nitrogens is 1. The molecule has 12 heteroatoms. The van der Waals surface area contributed by atoms with Gasteiger partial charge in [-0.2, -0.15) is 13.2 Å². The number of esters is 1. The molecule has 0 bridgehead atoms. The van der Waals surface area contributed by atoms with Crippen LogP contribution < -0.4 is 16.4 Å². The van der Waals surface area contributed by atoms with Gasteiger partial charge < -0.3 is 26.1 Å². The van der Waals surface area contributed by atoms with Gasteiger partial charge >= 0.3 is 12.1 Å². The number of hydrogen-bond acceptors (Lipinski definition) is 5. The van der Waals surface area contributed by atoms with Gasteiger partial charge in [-0.1, -0.05) is 31.2 Å². The average molecular weight is 523 g/mol. The van der Waals surface area contributed by atoms with Gasteiger partial charge in [0.15, 0.2) is 0 Å². The Morgan fingerprint density at radius 1 is 1.08 bits per heavy atom. The van der Waals surface area contributed by atoms with E-state index in [0.717, 1.165) is 12.1 Å². The first-order valence-corrected chi connectivity index (χ1v) is 11.6. The van der Waals surface area contributed by atoms with Crippen molar-refractivity contribution >= 4 is 23.7 Å². The Bertz CT molecular complexity index is 1140. The van der Waals surface area contributed by atoms with E-state index < -0.39 is 47.5 Å². The van der Waals surface area contributed by atoms with Crippen LogP contribution >= 0.6 is 0 Å². The number of alkyl halides is 3. The molecule has 0 saturated heterocycles. The molecule has 2 aromatic rings. The van der Waals surface area contributed by atoms with E-state index in [1.165, 1.54) is 36.4 Å². The lowest BCUT2D eigenvalue weighted by Crippen LogP contribution is -2.49. The van der Waals surface area contributed by atoms with E-state index in [2.05, 4.69) is 15.6 Å². The summed E-state index contributed by atoms with van der Waals surface area (Å²) in [7, 11) is 0. The van der Waals surface area contributed by atoms with Crippen molar-refractivity contribution < 1.29 is 37.1 Å². The monoisotopic (exact) mass is 522 g/mol. The molecule has 0 aliphatic carbocycles. The van der Waals surface area contributed by atoms with Crippen molar-refractivity contribution in [1.82, 2.24) is 15.6 Å². The summed E-state index contributed by atoms with van der Waals surface area (Å²) in [4.78, 5) is 51.0. The lowest BCUT2D eigenvalue weighted by Gasteiger charge is -2.20. The van der Waals surface area contributed by atoms with Gasteiger partial charge in [-0.15, -0.1) is 0 Å². The number of H-pyrrole nitrogens is 1. The van der Waals surface area contributed by atoms with Crippen molar-refractivity contribution in [2.75, 3.05) is 6.61 Å². The van der Waals surface area contributed by atoms with Gasteiger partial charge in [0.25, 0.3) is 5.91 Å². The molecular weight excluding hydrogens is 493 g/mol.